The average molecular weight is 361 g/mol. The lowest BCUT2D eigenvalue weighted by atomic mass is 10.2. The molecule has 1 fully saturated rings. The average Bonchev–Trinajstić information content (AvgIpc) is 3.30. The number of nitrogens with one attached hydrogen (secondary N) is 2. The number of urea groups is 1. The van der Waals surface area contributed by atoms with E-state index >= 15 is 0 Å². The summed E-state index contributed by atoms with van der Waals surface area (Å²) >= 11 is 1.63. The smallest absolute Gasteiger partial charge is 0.317 e. The van der Waals surface area contributed by atoms with Gasteiger partial charge < -0.3 is 15.1 Å². The Bertz CT molecular complexity index is 727. The fraction of sp³-hybridized carbons (Fsp3) is 0.471. The molecule has 25 heavy (non-hydrogen) atoms. The van der Waals surface area contributed by atoms with E-state index in [-0.39, 0.29) is 18.0 Å². The molecule has 0 saturated carbocycles. The summed E-state index contributed by atoms with van der Waals surface area (Å²) in [5.41, 5.74) is 1.76. The number of carbonyl (C=O) groups is 2. The fourth-order valence-electron chi connectivity index (χ4n) is 2.96. The minimum absolute atomic E-state index is 0.113. The van der Waals surface area contributed by atoms with E-state index in [1.54, 1.807) is 23.3 Å². The molecular weight excluding hydrogens is 338 g/mol. The number of carbonyl (C=O) groups excluding carboxylic acids is 2. The van der Waals surface area contributed by atoms with Crippen LogP contribution in [0.15, 0.2) is 23.6 Å². The molecule has 0 unspecified atom stereocenters. The van der Waals surface area contributed by atoms with E-state index in [1.165, 1.54) is 0 Å². The molecule has 1 aliphatic rings. The number of likely N-dealkylation sites (tertiary alicyclic amines) is 1. The highest BCUT2D eigenvalue weighted by Crippen LogP contribution is 2.23. The highest BCUT2D eigenvalue weighted by atomic mass is 32.1. The van der Waals surface area contributed by atoms with Crippen LogP contribution in [0, 0.1) is 0 Å². The minimum atomic E-state index is -0.177. The maximum Gasteiger partial charge on any atom is 0.317 e. The van der Waals surface area contributed by atoms with Crippen molar-refractivity contribution < 1.29 is 9.59 Å². The second kappa shape index (κ2) is 7.69. The summed E-state index contributed by atoms with van der Waals surface area (Å²) in [6.07, 6.45) is 1.31. The zero-order chi connectivity index (χ0) is 17.8. The Morgan fingerprint density at radius 2 is 2.40 bits per heavy atom. The molecule has 3 heterocycles. The SMILES string of the molecule is CCCN1C[C@H](NC(=O)N(C)Cc2cc(-c3cccs3)n[nH]2)CC1=O. The third-order valence-electron chi connectivity index (χ3n) is 4.19. The highest BCUT2D eigenvalue weighted by molar-refractivity contribution is 7.13. The van der Waals surface area contributed by atoms with Crippen LogP contribution in [0.4, 0.5) is 4.79 Å². The maximum absolute atomic E-state index is 12.4. The molecule has 1 aliphatic heterocycles. The van der Waals surface area contributed by atoms with Gasteiger partial charge in [0.05, 0.1) is 23.2 Å². The van der Waals surface area contributed by atoms with E-state index in [0.29, 0.717) is 19.5 Å². The standard InChI is InChI=1S/C17H23N5O2S/c1-3-6-22-11-12(9-16(22)23)18-17(24)21(2)10-13-8-14(20-19-13)15-5-4-7-25-15/h4-5,7-8,12H,3,6,9-11H2,1-2H3,(H,18,24)(H,19,20)/t12-/m1/s1. The Morgan fingerprint density at radius 3 is 3.12 bits per heavy atom. The Hall–Kier alpha value is -2.35. The predicted molar refractivity (Wildman–Crippen MR) is 97.2 cm³/mol. The first-order valence-corrected chi connectivity index (χ1v) is 9.32. The van der Waals surface area contributed by atoms with Crippen LogP contribution in [0.2, 0.25) is 0 Å². The minimum Gasteiger partial charge on any atom is -0.341 e. The summed E-state index contributed by atoms with van der Waals surface area (Å²) in [6, 6.07) is 5.66. The summed E-state index contributed by atoms with van der Waals surface area (Å²) in [6.45, 7) is 3.82. The lowest BCUT2D eigenvalue weighted by Crippen LogP contribution is -2.44. The molecule has 3 rings (SSSR count). The lowest BCUT2D eigenvalue weighted by molar-refractivity contribution is -0.127. The van der Waals surface area contributed by atoms with Crippen molar-refractivity contribution in [1.29, 1.82) is 0 Å². The summed E-state index contributed by atoms with van der Waals surface area (Å²) in [5.74, 6) is 0.115. The fourth-order valence-corrected chi connectivity index (χ4v) is 3.65. The van der Waals surface area contributed by atoms with E-state index in [0.717, 1.165) is 29.2 Å². The molecule has 1 saturated heterocycles. The van der Waals surface area contributed by atoms with Crippen LogP contribution in [-0.2, 0) is 11.3 Å². The topological polar surface area (TPSA) is 81.3 Å². The van der Waals surface area contributed by atoms with Crippen LogP contribution in [0.3, 0.4) is 0 Å². The molecule has 7 nitrogen and oxygen atoms in total. The van der Waals surface area contributed by atoms with E-state index < -0.39 is 0 Å². The van der Waals surface area contributed by atoms with Crippen molar-refractivity contribution in [2.24, 2.45) is 0 Å². The molecule has 2 aromatic rings. The Morgan fingerprint density at radius 1 is 1.56 bits per heavy atom. The first kappa shape index (κ1) is 17.5. The molecule has 8 heteroatoms. The normalized spacial score (nSPS) is 17.1. The third-order valence-corrected chi connectivity index (χ3v) is 5.09. The number of hydrogen-bond acceptors (Lipinski definition) is 4. The van der Waals surface area contributed by atoms with E-state index in [2.05, 4.69) is 15.5 Å². The summed E-state index contributed by atoms with van der Waals surface area (Å²) in [4.78, 5) is 28.7. The largest absolute Gasteiger partial charge is 0.341 e. The van der Waals surface area contributed by atoms with Gasteiger partial charge in [0, 0.05) is 26.6 Å². The van der Waals surface area contributed by atoms with Gasteiger partial charge in [-0.1, -0.05) is 13.0 Å². The van der Waals surface area contributed by atoms with Crippen LogP contribution < -0.4 is 5.32 Å². The van der Waals surface area contributed by atoms with Gasteiger partial charge in [-0.2, -0.15) is 5.10 Å². The molecule has 0 radical (unpaired) electrons. The lowest BCUT2D eigenvalue weighted by Gasteiger charge is -2.20. The van der Waals surface area contributed by atoms with Crippen molar-refractivity contribution in [2.75, 3.05) is 20.1 Å². The first-order chi connectivity index (χ1) is 12.1. The molecule has 0 aliphatic carbocycles. The number of aromatic nitrogens is 2. The van der Waals surface area contributed by atoms with Gasteiger partial charge in [-0.05, 0) is 23.9 Å². The van der Waals surface area contributed by atoms with Gasteiger partial charge >= 0.3 is 6.03 Å². The van der Waals surface area contributed by atoms with Gasteiger partial charge in [0.1, 0.15) is 5.69 Å². The molecule has 0 bridgehead atoms. The van der Waals surface area contributed by atoms with Gasteiger partial charge in [0.15, 0.2) is 0 Å². The van der Waals surface area contributed by atoms with Crippen molar-refractivity contribution in [3.63, 3.8) is 0 Å². The monoisotopic (exact) mass is 361 g/mol. The van der Waals surface area contributed by atoms with Crippen molar-refractivity contribution >= 4 is 23.3 Å². The summed E-state index contributed by atoms with van der Waals surface area (Å²) in [5, 5.41) is 12.2. The highest BCUT2D eigenvalue weighted by Gasteiger charge is 2.30. The zero-order valence-electron chi connectivity index (χ0n) is 14.5. The first-order valence-electron chi connectivity index (χ1n) is 8.44. The molecule has 0 spiro atoms. The third kappa shape index (κ3) is 4.19. The van der Waals surface area contributed by atoms with Crippen molar-refractivity contribution in [2.45, 2.75) is 32.4 Å². The van der Waals surface area contributed by atoms with Crippen molar-refractivity contribution in [3.05, 3.63) is 29.3 Å². The molecule has 1 atom stereocenters. The van der Waals surface area contributed by atoms with Crippen LogP contribution in [0.1, 0.15) is 25.5 Å². The summed E-state index contributed by atoms with van der Waals surface area (Å²) < 4.78 is 0. The van der Waals surface area contributed by atoms with Gasteiger partial charge in [0.2, 0.25) is 5.91 Å². The Balaban J connectivity index is 1.52. The molecule has 3 amide bonds. The molecule has 2 N–H and O–H groups in total. The quantitative estimate of drug-likeness (QED) is 0.828. The number of thiophene rings is 1. The molecule has 134 valence electrons. The number of aromatic amines is 1. The molecule has 0 aromatic carbocycles. The molecular formula is C17H23N5O2S. The Labute approximate surface area is 151 Å². The van der Waals surface area contributed by atoms with Gasteiger partial charge in [0.25, 0.3) is 0 Å². The number of nitrogens with zero attached hydrogens (tertiary/aromatic N) is 3. The van der Waals surface area contributed by atoms with Crippen molar-refractivity contribution in [3.8, 4) is 10.6 Å². The van der Waals surface area contributed by atoms with Gasteiger partial charge in [-0.15, -0.1) is 11.3 Å². The van der Waals surface area contributed by atoms with Gasteiger partial charge in [-0.3, -0.25) is 9.89 Å². The van der Waals surface area contributed by atoms with E-state index in [4.69, 9.17) is 0 Å². The summed E-state index contributed by atoms with van der Waals surface area (Å²) in [7, 11) is 1.74. The van der Waals surface area contributed by atoms with Crippen LogP contribution in [0.25, 0.3) is 10.6 Å². The number of hydrogen-bond donors (Lipinski definition) is 2. The van der Waals surface area contributed by atoms with Crippen LogP contribution in [-0.4, -0.2) is 58.1 Å². The van der Waals surface area contributed by atoms with Crippen LogP contribution >= 0.6 is 11.3 Å². The second-order valence-electron chi connectivity index (χ2n) is 6.30. The van der Waals surface area contributed by atoms with Crippen LogP contribution in [0.5, 0.6) is 0 Å². The van der Waals surface area contributed by atoms with E-state index in [9.17, 15) is 9.59 Å². The number of amides is 3. The number of H-pyrrole nitrogens is 1. The van der Waals surface area contributed by atoms with Gasteiger partial charge in [-0.25, -0.2) is 4.79 Å². The predicted octanol–water partition coefficient (Wildman–Crippen LogP) is 2.29. The van der Waals surface area contributed by atoms with E-state index in [1.807, 2.05) is 35.4 Å². The zero-order valence-corrected chi connectivity index (χ0v) is 15.3. The maximum atomic E-state index is 12.4. The van der Waals surface area contributed by atoms with Crippen molar-refractivity contribution in [1.82, 2.24) is 25.3 Å². The molecule has 2 aromatic heterocycles. The number of rotatable bonds is 6. The Kier molecular flexibility index (Phi) is 5.37. The second-order valence-corrected chi connectivity index (χ2v) is 7.25.